The van der Waals surface area contributed by atoms with Crippen molar-refractivity contribution in [2.24, 2.45) is 0 Å². The SMILES string of the molecule is C=CC1(C(=O)O)COc2ccccc2O1. The van der Waals surface area contributed by atoms with Crippen LogP contribution in [0.1, 0.15) is 0 Å². The first-order valence-corrected chi connectivity index (χ1v) is 4.46. The maximum absolute atomic E-state index is 11.0. The van der Waals surface area contributed by atoms with Gasteiger partial charge in [-0.05, 0) is 18.2 Å². The molecule has 0 fully saturated rings. The zero-order chi connectivity index (χ0) is 10.9. The molecule has 1 aromatic carbocycles. The van der Waals surface area contributed by atoms with E-state index >= 15 is 0 Å². The van der Waals surface area contributed by atoms with Gasteiger partial charge < -0.3 is 14.6 Å². The highest BCUT2D eigenvalue weighted by Gasteiger charge is 2.42. The maximum atomic E-state index is 11.0. The Hall–Kier alpha value is -1.97. The molecular formula is C11H10O4. The van der Waals surface area contributed by atoms with Crippen molar-refractivity contribution >= 4 is 5.97 Å². The van der Waals surface area contributed by atoms with Crippen molar-refractivity contribution in [1.29, 1.82) is 0 Å². The predicted molar refractivity (Wildman–Crippen MR) is 53.1 cm³/mol. The zero-order valence-electron chi connectivity index (χ0n) is 7.97. The first-order chi connectivity index (χ1) is 7.18. The van der Waals surface area contributed by atoms with Gasteiger partial charge in [0.2, 0.25) is 0 Å². The van der Waals surface area contributed by atoms with Crippen LogP contribution in [0, 0.1) is 0 Å². The summed E-state index contributed by atoms with van der Waals surface area (Å²) in [6.45, 7) is 3.40. The number of benzene rings is 1. The highest BCUT2D eigenvalue weighted by atomic mass is 16.6. The molecule has 2 rings (SSSR count). The van der Waals surface area contributed by atoms with Crippen LogP contribution in [0.5, 0.6) is 11.5 Å². The number of hydrogen-bond donors (Lipinski definition) is 1. The van der Waals surface area contributed by atoms with Gasteiger partial charge >= 0.3 is 5.97 Å². The van der Waals surface area contributed by atoms with Crippen molar-refractivity contribution < 1.29 is 19.4 Å². The zero-order valence-corrected chi connectivity index (χ0v) is 7.97. The van der Waals surface area contributed by atoms with Crippen LogP contribution in [0.4, 0.5) is 0 Å². The number of carboxylic acids is 1. The smallest absolute Gasteiger partial charge is 0.355 e. The lowest BCUT2D eigenvalue weighted by Crippen LogP contribution is -2.49. The summed E-state index contributed by atoms with van der Waals surface area (Å²) in [5.41, 5.74) is -1.48. The largest absolute Gasteiger partial charge is 0.484 e. The monoisotopic (exact) mass is 206 g/mol. The van der Waals surface area contributed by atoms with Crippen molar-refractivity contribution in [3.63, 3.8) is 0 Å². The van der Waals surface area contributed by atoms with E-state index in [-0.39, 0.29) is 6.61 Å². The molecule has 4 nitrogen and oxygen atoms in total. The molecule has 0 saturated heterocycles. The summed E-state index contributed by atoms with van der Waals surface area (Å²) in [6.07, 6.45) is 1.24. The molecule has 1 unspecified atom stereocenters. The lowest BCUT2D eigenvalue weighted by Gasteiger charge is -2.32. The molecule has 4 heteroatoms. The van der Waals surface area contributed by atoms with Crippen LogP contribution in [0.25, 0.3) is 0 Å². The molecule has 1 N–H and O–H groups in total. The van der Waals surface area contributed by atoms with Crippen molar-refractivity contribution in [3.8, 4) is 11.5 Å². The number of rotatable bonds is 2. The first kappa shape index (κ1) is 9.58. The number of aliphatic carboxylic acids is 1. The number of para-hydroxylation sites is 2. The van der Waals surface area contributed by atoms with Gasteiger partial charge in [0.25, 0.3) is 5.60 Å². The van der Waals surface area contributed by atoms with E-state index in [1.165, 1.54) is 6.08 Å². The number of fused-ring (bicyclic) bond motifs is 1. The van der Waals surface area contributed by atoms with Crippen LogP contribution in [0.2, 0.25) is 0 Å². The normalized spacial score (nSPS) is 23.2. The van der Waals surface area contributed by atoms with Gasteiger partial charge in [0, 0.05) is 0 Å². The fraction of sp³-hybridized carbons (Fsp3) is 0.182. The van der Waals surface area contributed by atoms with Gasteiger partial charge in [-0.2, -0.15) is 0 Å². The number of carboxylic acid groups (broad SMARTS) is 1. The molecule has 0 saturated carbocycles. The standard InChI is InChI=1S/C11H10O4/c1-2-11(10(12)13)7-14-8-5-3-4-6-9(8)15-11/h2-6H,1,7H2,(H,12,13). The lowest BCUT2D eigenvalue weighted by molar-refractivity contribution is -0.155. The van der Waals surface area contributed by atoms with E-state index in [1.54, 1.807) is 24.3 Å². The number of carbonyl (C=O) groups is 1. The van der Waals surface area contributed by atoms with Crippen molar-refractivity contribution in [1.82, 2.24) is 0 Å². The van der Waals surface area contributed by atoms with Crippen LogP contribution in [-0.4, -0.2) is 23.3 Å². The highest BCUT2D eigenvalue weighted by Crippen LogP contribution is 2.35. The summed E-state index contributed by atoms with van der Waals surface area (Å²) in [6, 6.07) is 6.94. The number of hydrogen-bond acceptors (Lipinski definition) is 3. The molecule has 0 aliphatic carbocycles. The molecule has 1 atom stereocenters. The van der Waals surface area contributed by atoms with Gasteiger partial charge in [0.05, 0.1) is 0 Å². The van der Waals surface area contributed by atoms with E-state index in [9.17, 15) is 4.79 Å². The Bertz CT molecular complexity index is 413. The van der Waals surface area contributed by atoms with Crippen LogP contribution >= 0.6 is 0 Å². The summed E-state index contributed by atoms with van der Waals surface area (Å²) in [5.74, 6) is -0.130. The average Bonchev–Trinajstić information content (AvgIpc) is 2.28. The van der Waals surface area contributed by atoms with Crippen LogP contribution < -0.4 is 9.47 Å². The average molecular weight is 206 g/mol. The summed E-state index contributed by atoms with van der Waals surface area (Å²) < 4.78 is 10.7. The van der Waals surface area contributed by atoms with Crippen molar-refractivity contribution in [2.45, 2.75) is 5.60 Å². The summed E-state index contributed by atoms with van der Waals surface area (Å²) in [5, 5.41) is 9.04. The molecule has 15 heavy (non-hydrogen) atoms. The molecule has 1 aromatic rings. The third kappa shape index (κ3) is 1.44. The molecule has 0 radical (unpaired) electrons. The molecule has 1 aliphatic heterocycles. The second-order valence-corrected chi connectivity index (χ2v) is 3.24. The number of ether oxygens (including phenoxy) is 2. The molecule has 0 aromatic heterocycles. The minimum Gasteiger partial charge on any atom is -0.484 e. The Morgan fingerprint density at radius 3 is 2.73 bits per heavy atom. The highest BCUT2D eigenvalue weighted by molar-refractivity contribution is 5.81. The Morgan fingerprint density at radius 1 is 1.47 bits per heavy atom. The minimum absolute atomic E-state index is 0.0666. The van der Waals surface area contributed by atoms with Crippen molar-refractivity contribution in [3.05, 3.63) is 36.9 Å². The third-order valence-corrected chi connectivity index (χ3v) is 2.28. The lowest BCUT2D eigenvalue weighted by atomic mass is 10.0. The molecule has 0 spiro atoms. The maximum Gasteiger partial charge on any atom is 0.355 e. The van der Waals surface area contributed by atoms with Gasteiger partial charge in [0.15, 0.2) is 11.5 Å². The van der Waals surface area contributed by atoms with E-state index in [0.29, 0.717) is 11.5 Å². The van der Waals surface area contributed by atoms with Gasteiger partial charge in [-0.1, -0.05) is 18.7 Å². The van der Waals surface area contributed by atoms with E-state index < -0.39 is 11.6 Å². The van der Waals surface area contributed by atoms with Crippen LogP contribution in [0.3, 0.4) is 0 Å². The third-order valence-electron chi connectivity index (χ3n) is 2.28. The van der Waals surface area contributed by atoms with Crippen LogP contribution in [0.15, 0.2) is 36.9 Å². The van der Waals surface area contributed by atoms with Gasteiger partial charge in [-0.15, -0.1) is 0 Å². The Balaban J connectivity index is 2.39. The fourth-order valence-electron chi connectivity index (χ4n) is 1.36. The second-order valence-electron chi connectivity index (χ2n) is 3.24. The van der Waals surface area contributed by atoms with E-state index in [2.05, 4.69) is 6.58 Å². The summed E-state index contributed by atoms with van der Waals surface area (Å²) >= 11 is 0. The minimum atomic E-state index is -1.48. The van der Waals surface area contributed by atoms with Crippen molar-refractivity contribution in [2.75, 3.05) is 6.61 Å². The Kier molecular flexibility index (Phi) is 2.11. The molecule has 1 heterocycles. The molecule has 0 bridgehead atoms. The summed E-state index contributed by atoms with van der Waals surface area (Å²) in [7, 11) is 0. The quantitative estimate of drug-likeness (QED) is 0.744. The predicted octanol–water partition coefficient (Wildman–Crippen LogP) is 1.47. The fourth-order valence-corrected chi connectivity index (χ4v) is 1.36. The van der Waals surface area contributed by atoms with Gasteiger partial charge in [-0.25, -0.2) is 4.79 Å². The van der Waals surface area contributed by atoms with E-state index in [1.807, 2.05) is 0 Å². The Labute approximate surface area is 86.7 Å². The van der Waals surface area contributed by atoms with Crippen LogP contribution in [-0.2, 0) is 4.79 Å². The van der Waals surface area contributed by atoms with Gasteiger partial charge in [-0.3, -0.25) is 0 Å². The van der Waals surface area contributed by atoms with E-state index in [0.717, 1.165) is 0 Å². The topological polar surface area (TPSA) is 55.8 Å². The molecule has 1 aliphatic rings. The molecule has 0 amide bonds. The molecule has 78 valence electrons. The molecular weight excluding hydrogens is 196 g/mol. The first-order valence-electron chi connectivity index (χ1n) is 4.46. The second kappa shape index (κ2) is 3.31. The van der Waals surface area contributed by atoms with E-state index in [4.69, 9.17) is 14.6 Å². The Morgan fingerprint density at radius 2 is 2.13 bits per heavy atom. The summed E-state index contributed by atoms with van der Waals surface area (Å²) in [4.78, 5) is 11.0. The van der Waals surface area contributed by atoms with Gasteiger partial charge in [0.1, 0.15) is 6.61 Å².